The summed E-state index contributed by atoms with van der Waals surface area (Å²) in [7, 11) is 0. The molecule has 4 rings (SSSR count). The maximum absolute atomic E-state index is 12.8. The highest BCUT2D eigenvalue weighted by atomic mass is 32.2. The highest BCUT2D eigenvalue weighted by Crippen LogP contribution is 2.44. The smallest absolute Gasteiger partial charge is 0.235 e. The van der Waals surface area contributed by atoms with Crippen molar-refractivity contribution in [3.05, 3.63) is 45.8 Å². The first kappa shape index (κ1) is 24.5. The molecule has 0 spiro atoms. The van der Waals surface area contributed by atoms with Crippen LogP contribution in [0.25, 0.3) is 11.4 Å². The van der Waals surface area contributed by atoms with Crippen molar-refractivity contribution in [1.82, 2.24) is 14.8 Å². The molecule has 1 atom stereocenters. The van der Waals surface area contributed by atoms with Gasteiger partial charge in [0.1, 0.15) is 11.1 Å². The lowest BCUT2D eigenvalue weighted by atomic mass is 9.72. The molecule has 6 nitrogen and oxygen atoms in total. The maximum atomic E-state index is 12.8. The number of hydrogen-bond donors (Lipinski definition) is 1. The van der Waals surface area contributed by atoms with E-state index in [0.29, 0.717) is 28.2 Å². The predicted octanol–water partition coefficient (Wildman–Crippen LogP) is 6.09. The van der Waals surface area contributed by atoms with Crippen molar-refractivity contribution in [3.63, 3.8) is 0 Å². The minimum atomic E-state index is -0.130. The summed E-state index contributed by atoms with van der Waals surface area (Å²) in [4.78, 5) is 14.1. The van der Waals surface area contributed by atoms with E-state index in [9.17, 15) is 10.1 Å². The molecule has 0 radical (unpaired) electrons. The van der Waals surface area contributed by atoms with Gasteiger partial charge in [0.2, 0.25) is 5.91 Å². The molecule has 1 aliphatic rings. The first-order chi connectivity index (χ1) is 16.2. The summed E-state index contributed by atoms with van der Waals surface area (Å²) < 4.78 is 2.03. The minimum Gasteiger partial charge on any atom is -0.316 e. The number of benzene rings is 1. The number of nitrogens with zero attached hydrogens (tertiary/aromatic N) is 4. The van der Waals surface area contributed by atoms with Gasteiger partial charge in [0.15, 0.2) is 11.0 Å². The molecular weight excluding hydrogens is 462 g/mol. The summed E-state index contributed by atoms with van der Waals surface area (Å²) in [6.07, 6.45) is 2.97. The number of aryl methyl sites for hydroxylation is 1. The van der Waals surface area contributed by atoms with Gasteiger partial charge in [-0.2, -0.15) is 5.26 Å². The SMILES string of the molecule is CCn1c(SCC(=O)Nc2sc3c(c2C#N)CCC(C(C)(C)C)C3)nnc1-c1ccc(C)cc1. The van der Waals surface area contributed by atoms with E-state index in [1.54, 1.807) is 11.3 Å². The number of thiophene rings is 1. The second kappa shape index (κ2) is 9.93. The van der Waals surface area contributed by atoms with Gasteiger partial charge in [0.05, 0.1) is 11.3 Å². The van der Waals surface area contributed by atoms with Crippen LogP contribution < -0.4 is 5.32 Å². The predicted molar refractivity (Wildman–Crippen MR) is 139 cm³/mol. The van der Waals surface area contributed by atoms with E-state index in [-0.39, 0.29) is 17.1 Å². The fourth-order valence-electron chi connectivity index (χ4n) is 4.42. The van der Waals surface area contributed by atoms with Gasteiger partial charge in [-0.1, -0.05) is 62.4 Å². The van der Waals surface area contributed by atoms with Crippen LogP contribution in [0.15, 0.2) is 29.4 Å². The molecule has 34 heavy (non-hydrogen) atoms. The molecule has 0 aliphatic heterocycles. The average Bonchev–Trinajstić information content (AvgIpc) is 3.37. The molecular formula is C26H31N5OS2. The van der Waals surface area contributed by atoms with Crippen LogP contribution in [0.5, 0.6) is 0 Å². The molecule has 178 valence electrons. The molecule has 3 aromatic rings. The van der Waals surface area contributed by atoms with Crippen LogP contribution in [-0.2, 0) is 24.2 Å². The second-order valence-electron chi connectivity index (χ2n) is 9.88. The van der Waals surface area contributed by atoms with Gasteiger partial charge < -0.3 is 9.88 Å². The summed E-state index contributed by atoms with van der Waals surface area (Å²) in [5.41, 5.74) is 4.21. The van der Waals surface area contributed by atoms with Crippen LogP contribution >= 0.6 is 23.1 Å². The van der Waals surface area contributed by atoms with Crippen molar-refractivity contribution in [3.8, 4) is 17.5 Å². The number of carbonyl (C=O) groups excluding carboxylic acids is 1. The van der Waals surface area contributed by atoms with Gasteiger partial charge in [-0.15, -0.1) is 21.5 Å². The van der Waals surface area contributed by atoms with Crippen molar-refractivity contribution < 1.29 is 4.79 Å². The number of hydrogen-bond acceptors (Lipinski definition) is 6. The molecule has 0 fully saturated rings. The van der Waals surface area contributed by atoms with Gasteiger partial charge >= 0.3 is 0 Å². The lowest BCUT2D eigenvalue weighted by Gasteiger charge is -2.33. The Hall–Kier alpha value is -2.63. The quantitative estimate of drug-likeness (QED) is 0.420. The van der Waals surface area contributed by atoms with E-state index in [0.717, 1.165) is 36.2 Å². The lowest BCUT2D eigenvalue weighted by Crippen LogP contribution is -2.26. The molecule has 1 aliphatic carbocycles. The van der Waals surface area contributed by atoms with E-state index >= 15 is 0 Å². The number of fused-ring (bicyclic) bond motifs is 1. The Morgan fingerprint density at radius 3 is 2.68 bits per heavy atom. The molecule has 8 heteroatoms. The lowest BCUT2D eigenvalue weighted by molar-refractivity contribution is -0.113. The Balaban J connectivity index is 1.45. The number of rotatable bonds is 6. The second-order valence-corrected chi connectivity index (χ2v) is 11.9. The Labute approximate surface area is 209 Å². The van der Waals surface area contributed by atoms with Crippen molar-refractivity contribution in [1.29, 1.82) is 5.26 Å². The number of aromatic nitrogens is 3. The van der Waals surface area contributed by atoms with Crippen molar-refractivity contribution in [2.24, 2.45) is 11.3 Å². The summed E-state index contributed by atoms with van der Waals surface area (Å²) in [5, 5.41) is 22.9. The van der Waals surface area contributed by atoms with Crippen LogP contribution in [0.4, 0.5) is 5.00 Å². The van der Waals surface area contributed by atoms with Crippen LogP contribution in [-0.4, -0.2) is 26.4 Å². The Kier molecular flexibility index (Phi) is 7.15. The van der Waals surface area contributed by atoms with Crippen LogP contribution in [0.2, 0.25) is 0 Å². The molecule has 0 saturated carbocycles. The summed E-state index contributed by atoms with van der Waals surface area (Å²) >= 11 is 2.94. The largest absolute Gasteiger partial charge is 0.316 e. The first-order valence-corrected chi connectivity index (χ1v) is 13.5. The third-order valence-electron chi connectivity index (χ3n) is 6.53. The molecule has 1 amide bonds. The zero-order valence-corrected chi connectivity index (χ0v) is 22.1. The molecule has 1 aromatic carbocycles. The van der Waals surface area contributed by atoms with Gasteiger partial charge in [0, 0.05) is 17.0 Å². The summed E-state index contributed by atoms with van der Waals surface area (Å²) in [5.74, 6) is 1.48. The molecule has 2 heterocycles. The number of nitriles is 1. The first-order valence-electron chi connectivity index (χ1n) is 11.7. The molecule has 0 saturated heterocycles. The normalized spacial score (nSPS) is 15.6. The highest BCUT2D eigenvalue weighted by Gasteiger charge is 2.32. The van der Waals surface area contributed by atoms with Crippen molar-refractivity contribution in [2.75, 3.05) is 11.1 Å². The van der Waals surface area contributed by atoms with Gasteiger partial charge in [-0.3, -0.25) is 4.79 Å². The van der Waals surface area contributed by atoms with E-state index in [2.05, 4.69) is 61.4 Å². The third-order valence-corrected chi connectivity index (χ3v) is 8.67. The topological polar surface area (TPSA) is 83.6 Å². The van der Waals surface area contributed by atoms with E-state index < -0.39 is 0 Å². The zero-order chi connectivity index (χ0) is 24.5. The Morgan fingerprint density at radius 2 is 2.03 bits per heavy atom. The number of nitrogens with one attached hydrogen (secondary N) is 1. The average molecular weight is 494 g/mol. The fraction of sp³-hybridized carbons (Fsp3) is 0.462. The van der Waals surface area contributed by atoms with E-state index in [1.807, 2.05) is 23.6 Å². The number of anilines is 1. The Morgan fingerprint density at radius 1 is 1.29 bits per heavy atom. The highest BCUT2D eigenvalue weighted by molar-refractivity contribution is 7.99. The van der Waals surface area contributed by atoms with Crippen LogP contribution in [0.1, 0.15) is 55.7 Å². The summed E-state index contributed by atoms with van der Waals surface area (Å²) in [6, 6.07) is 10.5. The van der Waals surface area contributed by atoms with Gasteiger partial charge in [-0.05, 0) is 50.0 Å². The van der Waals surface area contributed by atoms with Gasteiger partial charge in [0.25, 0.3) is 0 Å². The standard InChI is InChI=1S/C26H31N5OS2/c1-6-31-23(17-9-7-16(2)8-10-17)29-30-25(31)33-15-22(32)28-24-20(14-27)19-12-11-18(26(3,4)5)13-21(19)34-24/h7-10,18H,6,11-13,15H2,1-5H3,(H,28,32). The number of amides is 1. The third kappa shape index (κ3) is 5.06. The number of carbonyl (C=O) groups is 1. The summed E-state index contributed by atoms with van der Waals surface area (Å²) in [6.45, 7) is 11.7. The van der Waals surface area contributed by atoms with E-state index in [4.69, 9.17) is 0 Å². The molecule has 1 N–H and O–H groups in total. The number of thioether (sulfide) groups is 1. The fourth-order valence-corrected chi connectivity index (χ4v) is 6.52. The Bertz CT molecular complexity index is 1230. The van der Waals surface area contributed by atoms with Crippen molar-refractivity contribution >= 4 is 34.0 Å². The molecule has 0 bridgehead atoms. The monoisotopic (exact) mass is 493 g/mol. The zero-order valence-electron chi connectivity index (χ0n) is 20.4. The van der Waals surface area contributed by atoms with E-state index in [1.165, 1.54) is 22.2 Å². The van der Waals surface area contributed by atoms with Crippen LogP contribution in [0.3, 0.4) is 0 Å². The van der Waals surface area contributed by atoms with Gasteiger partial charge in [-0.25, -0.2) is 0 Å². The molecule has 2 aromatic heterocycles. The maximum Gasteiger partial charge on any atom is 0.235 e. The van der Waals surface area contributed by atoms with Crippen LogP contribution in [0, 0.1) is 29.6 Å². The minimum absolute atomic E-state index is 0.130. The van der Waals surface area contributed by atoms with Crippen molar-refractivity contribution in [2.45, 2.75) is 65.6 Å². The molecule has 1 unspecified atom stereocenters.